The van der Waals surface area contributed by atoms with E-state index in [1.165, 1.54) is 24.2 Å². The van der Waals surface area contributed by atoms with Gasteiger partial charge in [-0.3, -0.25) is 0 Å². The second-order valence-corrected chi connectivity index (χ2v) is 5.22. The van der Waals surface area contributed by atoms with Crippen molar-refractivity contribution in [1.82, 2.24) is 0 Å². The van der Waals surface area contributed by atoms with Gasteiger partial charge in [-0.2, -0.15) is 0 Å². The van der Waals surface area contributed by atoms with Crippen LogP contribution in [-0.2, 0) is 4.74 Å². The molecule has 1 fully saturated rings. The summed E-state index contributed by atoms with van der Waals surface area (Å²) in [6.07, 6.45) is 2.43. The van der Waals surface area contributed by atoms with E-state index in [0.29, 0.717) is 17.2 Å². The zero-order chi connectivity index (χ0) is 12.4. The number of anilines is 2. The third-order valence-corrected chi connectivity index (χ3v) is 4.20. The lowest BCUT2D eigenvalue weighted by Crippen LogP contribution is -2.17. The Bertz CT molecular complexity index is 422. The largest absolute Gasteiger partial charge is 0.462 e. The lowest BCUT2D eigenvalue weighted by Gasteiger charge is -2.16. The third-order valence-electron chi connectivity index (χ3n) is 3.02. The van der Waals surface area contributed by atoms with Crippen LogP contribution in [0, 0.1) is 6.92 Å². The van der Waals surface area contributed by atoms with Gasteiger partial charge in [-0.05, 0) is 26.7 Å². The normalized spacial score (nSPS) is 15.3. The molecule has 2 heterocycles. The van der Waals surface area contributed by atoms with E-state index >= 15 is 0 Å². The first-order valence-corrected chi connectivity index (χ1v) is 6.77. The highest BCUT2D eigenvalue weighted by molar-refractivity contribution is 7.20. The predicted molar refractivity (Wildman–Crippen MR) is 70.9 cm³/mol. The van der Waals surface area contributed by atoms with Crippen LogP contribution >= 0.6 is 11.3 Å². The highest BCUT2D eigenvalue weighted by Gasteiger charge is 2.24. The quantitative estimate of drug-likeness (QED) is 0.842. The van der Waals surface area contributed by atoms with Gasteiger partial charge in [0.2, 0.25) is 0 Å². The molecular weight excluding hydrogens is 236 g/mol. The maximum Gasteiger partial charge on any atom is 0.341 e. The molecule has 1 aliphatic heterocycles. The van der Waals surface area contributed by atoms with Crippen molar-refractivity contribution < 1.29 is 9.53 Å². The van der Waals surface area contributed by atoms with E-state index in [0.717, 1.165) is 23.7 Å². The van der Waals surface area contributed by atoms with Crippen LogP contribution < -0.4 is 10.6 Å². The van der Waals surface area contributed by atoms with Gasteiger partial charge in [0.25, 0.3) is 0 Å². The predicted octanol–water partition coefficient (Wildman–Crippen LogP) is 2.42. The van der Waals surface area contributed by atoms with Crippen molar-refractivity contribution in [2.24, 2.45) is 0 Å². The SMILES string of the molecule is CCOC(=O)c1c(N)sc(N2CCCC2)c1C. The Morgan fingerprint density at radius 1 is 1.47 bits per heavy atom. The average molecular weight is 254 g/mol. The Kier molecular flexibility index (Phi) is 3.57. The monoisotopic (exact) mass is 254 g/mol. The standard InChI is InChI=1S/C12H18N2O2S/c1-3-16-12(15)9-8(2)11(17-10(9)13)14-6-4-5-7-14/h3-7,13H2,1-2H3. The van der Waals surface area contributed by atoms with Crippen LogP contribution in [0.5, 0.6) is 0 Å². The molecule has 0 unspecified atom stereocenters. The summed E-state index contributed by atoms with van der Waals surface area (Å²) >= 11 is 1.50. The molecule has 5 heteroatoms. The number of carbonyl (C=O) groups excluding carboxylic acids is 1. The van der Waals surface area contributed by atoms with E-state index in [1.807, 2.05) is 6.92 Å². The van der Waals surface area contributed by atoms with Crippen LogP contribution in [0.2, 0.25) is 0 Å². The number of ether oxygens (including phenoxy) is 1. The minimum atomic E-state index is -0.302. The number of esters is 1. The van der Waals surface area contributed by atoms with Crippen LogP contribution in [-0.4, -0.2) is 25.7 Å². The van der Waals surface area contributed by atoms with Gasteiger partial charge in [-0.1, -0.05) is 0 Å². The summed E-state index contributed by atoms with van der Waals surface area (Å²) in [6.45, 7) is 6.25. The topological polar surface area (TPSA) is 55.6 Å². The molecule has 1 aromatic rings. The Morgan fingerprint density at radius 2 is 2.12 bits per heavy atom. The first-order chi connectivity index (χ1) is 8.15. The molecule has 0 aliphatic carbocycles. The summed E-state index contributed by atoms with van der Waals surface area (Å²) in [5.41, 5.74) is 7.45. The lowest BCUT2D eigenvalue weighted by molar-refractivity contribution is 0.0527. The smallest absolute Gasteiger partial charge is 0.341 e. The summed E-state index contributed by atoms with van der Waals surface area (Å²) in [7, 11) is 0. The molecule has 94 valence electrons. The Labute approximate surface area is 105 Å². The van der Waals surface area contributed by atoms with Crippen molar-refractivity contribution in [3.05, 3.63) is 11.1 Å². The molecule has 1 saturated heterocycles. The average Bonchev–Trinajstić information content (AvgIpc) is 2.87. The van der Waals surface area contributed by atoms with Crippen LogP contribution in [0.3, 0.4) is 0 Å². The number of nitrogens with zero attached hydrogens (tertiary/aromatic N) is 1. The number of nitrogens with two attached hydrogens (primary N) is 1. The van der Waals surface area contributed by atoms with E-state index in [-0.39, 0.29) is 5.97 Å². The van der Waals surface area contributed by atoms with E-state index in [2.05, 4.69) is 4.90 Å². The molecule has 0 radical (unpaired) electrons. The van der Waals surface area contributed by atoms with E-state index < -0.39 is 0 Å². The Hall–Kier alpha value is -1.23. The molecule has 17 heavy (non-hydrogen) atoms. The second-order valence-electron chi connectivity index (χ2n) is 4.19. The van der Waals surface area contributed by atoms with Crippen molar-refractivity contribution in [2.75, 3.05) is 30.3 Å². The minimum Gasteiger partial charge on any atom is -0.462 e. The fraction of sp³-hybridized carbons (Fsp3) is 0.583. The number of hydrogen-bond acceptors (Lipinski definition) is 5. The van der Waals surface area contributed by atoms with Gasteiger partial charge < -0.3 is 15.4 Å². The van der Waals surface area contributed by atoms with Crippen LogP contribution in [0.25, 0.3) is 0 Å². The maximum atomic E-state index is 11.8. The van der Waals surface area contributed by atoms with E-state index in [4.69, 9.17) is 10.5 Å². The van der Waals surface area contributed by atoms with Crippen molar-refractivity contribution >= 4 is 27.3 Å². The molecule has 0 spiro atoms. The second kappa shape index (κ2) is 4.96. The maximum absolute atomic E-state index is 11.8. The minimum absolute atomic E-state index is 0.302. The summed E-state index contributed by atoms with van der Waals surface area (Å²) in [5, 5.41) is 1.70. The van der Waals surface area contributed by atoms with Crippen LogP contribution in [0.4, 0.5) is 10.0 Å². The summed E-state index contributed by atoms with van der Waals surface area (Å²) in [6, 6.07) is 0. The van der Waals surface area contributed by atoms with Crippen molar-refractivity contribution in [1.29, 1.82) is 0 Å². The van der Waals surface area contributed by atoms with E-state index in [1.54, 1.807) is 6.92 Å². The molecule has 0 bridgehead atoms. The fourth-order valence-corrected chi connectivity index (χ4v) is 3.32. The van der Waals surface area contributed by atoms with Gasteiger partial charge in [0, 0.05) is 18.7 Å². The lowest BCUT2D eigenvalue weighted by atomic mass is 10.2. The van der Waals surface area contributed by atoms with Crippen molar-refractivity contribution in [2.45, 2.75) is 26.7 Å². The third kappa shape index (κ3) is 2.24. The first kappa shape index (κ1) is 12.2. The van der Waals surface area contributed by atoms with Gasteiger partial charge >= 0.3 is 5.97 Å². The van der Waals surface area contributed by atoms with Crippen molar-refractivity contribution in [3.8, 4) is 0 Å². The van der Waals surface area contributed by atoms with Gasteiger partial charge in [0.1, 0.15) is 5.00 Å². The molecule has 4 nitrogen and oxygen atoms in total. The highest BCUT2D eigenvalue weighted by atomic mass is 32.1. The molecule has 0 aromatic carbocycles. The zero-order valence-corrected chi connectivity index (χ0v) is 11.1. The molecule has 1 aromatic heterocycles. The number of carbonyl (C=O) groups is 1. The first-order valence-electron chi connectivity index (χ1n) is 5.96. The van der Waals surface area contributed by atoms with Gasteiger partial charge in [0.15, 0.2) is 0 Å². The zero-order valence-electron chi connectivity index (χ0n) is 10.3. The summed E-state index contributed by atoms with van der Waals surface area (Å²) in [5.74, 6) is -0.302. The Balaban J connectivity index is 2.31. The molecule has 1 aliphatic rings. The van der Waals surface area contributed by atoms with Gasteiger partial charge in [-0.25, -0.2) is 4.79 Å². The number of thiophene rings is 1. The summed E-state index contributed by atoms with van der Waals surface area (Å²) < 4.78 is 5.03. The molecule has 2 rings (SSSR count). The molecule has 0 saturated carbocycles. The Morgan fingerprint density at radius 3 is 2.71 bits per heavy atom. The summed E-state index contributed by atoms with van der Waals surface area (Å²) in [4.78, 5) is 14.1. The number of nitrogen functional groups attached to an aromatic ring is 1. The van der Waals surface area contributed by atoms with Gasteiger partial charge in [0.05, 0.1) is 17.2 Å². The van der Waals surface area contributed by atoms with Crippen LogP contribution in [0.15, 0.2) is 0 Å². The molecule has 0 amide bonds. The number of hydrogen-bond donors (Lipinski definition) is 1. The molecular formula is C12H18N2O2S. The molecule has 2 N–H and O–H groups in total. The number of rotatable bonds is 3. The van der Waals surface area contributed by atoms with Crippen molar-refractivity contribution in [3.63, 3.8) is 0 Å². The van der Waals surface area contributed by atoms with Gasteiger partial charge in [-0.15, -0.1) is 11.3 Å². The van der Waals surface area contributed by atoms with E-state index in [9.17, 15) is 4.79 Å². The molecule has 0 atom stereocenters. The fourth-order valence-electron chi connectivity index (χ4n) is 2.20. The highest BCUT2D eigenvalue weighted by Crippen LogP contribution is 2.39. The van der Waals surface area contributed by atoms with Crippen LogP contribution in [0.1, 0.15) is 35.7 Å².